The molecule has 0 bridgehead atoms. The maximum atomic E-state index is 12.9. The predicted molar refractivity (Wildman–Crippen MR) is 53.7 cm³/mol. The lowest BCUT2D eigenvalue weighted by molar-refractivity contribution is 0.141. The quantitative estimate of drug-likeness (QED) is 0.806. The molecule has 1 heterocycles. The number of nitrogens with two attached hydrogens (primary N) is 1. The summed E-state index contributed by atoms with van der Waals surface area (Å²) in [6.45, 7) is -0.00914. The molecule has 0 aliphatic rings. The molecule has 0 aliphatic carbocycles. The van der Waals surface area contributed by atoms with Crippen molar-refractivity contribution >= 4 is 0 Å². The topological polar surface area (TPSA) is 85.2 Å². The zero-order valence-corrected chi connectivity index (χ0v) is 8.30. The Morgan fingerprint density at radius 1 is 1.50 bits per heavy atom. The van der Waals surface area contributed by atoms with Gasteiger partial charge < -0.3 is 15.4 Å². The molecule has 1 atom stereocenters. The van der Waals surface area contributed by atoms with Crippen LogP contribution in [0.15, 0.2) is 28.8 Å². The third kappa shape index (κ3) is 2.07. The molecule has 0 unspecified atom stereocenters. The van der Waals surface area contributed by atoms with E-state index in [4.69, 9.17) is 10.3 Å². The molecule has 5 nitrogen and oxygen atoms in total. The normalized spacial score (nSPS) is 12.7. The van der Waals surface area contributed by atoms with Gasteiger partial charge in [-0.05, 0) is 12.1 Å². The van der Waals surface area contributed by atoms with Gasteiger partial charge in [-0.2, -0.15) is 4.98 Å². The summed E-state index contributed by atoms with van der Waals surface area (Å²) in [5, 5.41) is 13.0. The van der Waals surface area contributed by atoms with Gasteiger partial charge in [-0.3, -0.25) is 0 Å². The predicted octanol–water partition coefficient (Wildman–Crippen LogP) is 0.868. The lowest BCUT2D eigenvalue weighted by Crippen LogP contribution is -2.11. The molecule has 16 heavy (non-hydrogen) atoms. The molecule has 6 heteroatoms. The van der Waals surface area contributed by atoms with Gasteiger partial charge >= 0.3 is 0 Å². The van der Waals surface area contributed by atoms with Gasteiger partial charge in [0.25, 0.3) is 5.89 Å². The molecule has 2 aromatic rings. The van der Waals surface area contributed by atoms with Crippen LogP contribution in [0.3, 0.4) is 0 Å². The minimum absolute atomic E-state index is 0.00914. The minimum atomic E-state index is -0.991. The van der Waals surface area contributed by atoms with Crippen molar-refractivity contribution in [3.05, 3.63) is 36.0 Å². The van der Waals surface area contributed by atoms with E-state index in [1.165, 1.54) is 12.1 Å². The van der Waals surface area contributed by atoms with Crippen LogP contribution in [0, 0.1) is 5.82 Å². The molecule has 1 aromatic heterocycles. The highest BCUT2D eigenvalue weighted by molar-refractivity contribution is 5.53. The largest absolute Gasteiger partial charge is 0.382 e. The van der Waals surface area contributed by atoms with Gasteiger partial charge in [-0.15, -0.1) is 0 Å². The van der Waals surface area contributed by atoms with Crippen molar-refractivity contribution in [2.45, 2.75) is 6.10 Å². The summed E-state index contributed by atoms with van der Waals surface area (Å²) in [5.74, 6) is -0.132. The second kappa shape index (κ2) is 4.38. The van der Waals surface area contributed by atoms with Gasteiger partial charge in [0, 0.05) is 12.1 Å². The first-order chi connectivity index (χ1) is 7.70. The van der Waals surface area contributed by atoms with E-state index in [0.29, 0.717) is 5.56 Å². The Kier molecular flexibility index (Phi) is 2.93. The molecule has 1 aromatic carbocycles. The lowest BCUT2D eigenvalue weighted by Gasteiger charge is -1.98. The highest BCUT2D eigenvalue weighted by Crippen LogP contribution is 2.18. The van der Waals surface area contributed by atoms with E-state index in [1.54, 1.807) is 12.1 Å². The number of nitrogens with zero attached hydrogens (tertiary/aromatic N) is 2. The summed E-state index contributed by atoms with van der Waals surface area (Å²) in [4.78, 5) is 3.92. The van der Waals surface area contributed by atoms with Crippen molar-refractivity contribution in [3.8, 4) is 11.4 Å². The van der Waals surface area contributed by atoms with Crippen molar-refractivity contribution in [1.82, 2.24) is 10.1 Å². The molecule has 0 radical (unpaired) electrons. The first-order valence-electron chi connectivity index (χ1n) is 4.68. The average Bonchev–Trinajstić information content (AvgIpc) is 2.77. The van der Waals surface area contributed by atoms with Crippen LogP contribution < -0.4 is 5.73 Å². The van der Waals surface area contributed by atoms with Crippen molar-refractivity contribution in [3.63, 3.8) is 0 Å². The lowest BCUT2D eigenvalue weighted by atomic mass is 10.2. The van der Waals surface area contributed by atoms with Gasteiger partial charge in [0.2, 0.25) is 5.82 Å². The van der Waals surface area contributed by atoms with Gasteiger partial charge in [-0.25, -0.2) is 4.39 Å². The van der Waals surface area contributed by atoms with Crippen LogP contribution in [0.4, 0.5) is 4.39 Å². The number of hydrogen-bond acceptors (Lipinski definition) is 5. The van der Waals surface area contributed by atoms with E-state index in [-0.39, 0.29) is 24.1 Å². The Labute approximate surface area is 90.7 Å². The minimum Gasteiger partial charge on any atom is -0.382 e. The molecule has 3 N–H and O–H groups in total. The van der Waals surface area contributed by atoms with E-state index >= 15 is 0 Å². The van der Waals surface area contributed by atoms with E-state index in [0.717, 1.165) is 0 Å². The standard InChI is InChI=1S/C10H10FN3O2/c11-7-3-1-2-6(4-7)9-13-10(16-14-9)8(15)5-12/h1-4,8,15H,5,12H2/t8-/m0/s1. The van der Waals surface area contributed by atoms with E-state index in [9.17, 15) is 9.50 Å². The Morgan fingerprint density at radius 3 is 3.00 bits per heavy atom. The van der Waals surface area contributed by atoms with Crippen LogP contribution in [0.2, 0.25) is 0 Å². The van der Waals surface area contributed by atoms with Crippen LogP contribution in [0.1, 0.15) is 12.0 Å². The molecule has 84 valence electrons. The van der Waals surface area contributed by atoms with Crippen molar-refractivity contribution in [2.24, 2.45) is 5.73 Å². The smallest absolute Gasteiger partial charge is 0.257 e. The number of aliphatic hydroxyl groups is 1. The van der Waals surface area contributed by atoms with E-state index in [1.807, 2.05) is 0 Å². The zero-order chi connectivity index (χ0) is 11.5. The van der Waals surface area contributed by atoms with Crippen LogP contribution in [0.5, 0.6) is 0 Å². The highest BCUT2D eigenvalue weighted by atomic mass is 19.1. The van der Waals surface area contributed by atoms with Crippen LogP contribution in [-0.4, -0.2) is 21.8 Å². The third-order valence-corrected chi connectivity index (χ3v) is 2.03. The van der Waals surface area contributed by atoms with E-state index < -0.39 is 6.10 Å². The first kappa shape index (κ1) is 10.7. The van der Waals surface area contributed by atoms with Crippen molar-refractivity contribution in [2.75, 3.05) is 6.54 Å². The van der Waals surface area contributed by atoms with Gasteiger partial charge in [0.15, 0.2) is 0 Å². The molecular formula is C10H10FN3O2. The van der Waals surface area contributed by atoms with Gasteiger partial charge in [-0.1, -0.05) is 17.3 Å². The Morgan fingerprint density at radius 2 is 2.31 bits per heavy atom. The summed E-state index contributed by atoms with van der Waals surface area (Å²) >= 11 is 0. The zero-order valence-electron chi connectivity index (χ0n) is 8.30. The maximum Gasteiger partial charge on any atom is 0.257 e. The molecule has 0 saturated carbocycles. The Hall–Kier alpha value is -1.79. The molecule has 0 saturated heterocycles. The fourth-order valence-electron chi connectivity index (χ4n) is 1.22. The number of hydrogen-bond donors (Lipinski definition) is 2. The second-order valence-corrected chi connectivity index (χ2v) is 3.22. The summed E-state index contributed by atoms with van der Waals surface area (Å²) in [7, 11) is 0. The molecule has 0 aliphatic heterocycles. The number of aliphatic hydroxyl groups excluding tert-OH is 1. The monoisotopic (exact) mass is 223 g/mol. The molecule has 0 spiro atoms. The number of aromatic nitrogens is 2. The van der Waals surface area contributed by atoms with Gasteiger partial charge in [0.1, 0.15) is 11.9 Å². The fourth-order valence-corrected chi connectivity index (χ4v) is 1.22. The Bertz CT molecular complexity index is 486. The highest BCUT2D eigenvalue weighted by Gasteiger charge is 2.15. The van der Waals surface area contributed by atoms with Crippen molar-refractivity contribution in [1.29, 1.82) is 0 Å². The summed E-state index contributed by atoms with van der Waals surface area (Å²) in [6.07, 6.45) is -0.991. The Balaban J connectivity index is 2.31. The summed E-state index contributed by atoms with van der Waals surface area (Å²) in [6, 6.07) is 5.79. The SMILES string of the molecule is NC[C@H](O)c1nc(-c2cccc(F)c2)no1. The summed E-state index contributed by atoms with van der Waals surface area (Å²) in [5.41, 5.74) is 5.72. The first-order valence-corrected chi connectivity index (χ1v) is 4.68. The second-order valence-electron chi connectivity index (χ2n) is 3.22. The molecule has 2 rings (SSSR count). The van der Waals surface area contributed by atoms with Crippen LogP contribution >= 0.6 is 0 Å². The van der Waals surface area contributed by atoms with E-state index in [2.05, 4.69) is 10.1 Å². The molecule has 0 amide bonds. The average molecular weight is 223 g/mol. The fraction of sp³-hybridized carbons (Fsp3) is 0.200. The number of rotatable bonds is 3. The van der Waals surface area contributed by atoms with Crippen LogP contribution in [0.25, 0.3) is 11.4 Å². The molecular weight excluding hydrogens is 213 g/mol. The number of benzene rings is 1. The number of halogens is 1. The third-order valence-electron chi connectivity index (χ3n) is 2.03. The maximum absolute atomic E-state index is 12.9. The van der Waals surface area contributed by atoms with Gasteiger partial charge in [0.05, 0.1) is 0 Å². The van der Waals surface area contributed by atoms with Crippen molar-refractivity contribution < 1.29 is 14.0 Å². The van der Waals surface area contributed by atoms with Crippen LogP contribution in [-0.2, 0) is 0 Å². The summed E-state index contributed by atoms with van der Waals surface area (Å²) < 4.78 is 17.7. The molecule has 0 fully saturated rings.